The smallest absolute Gasteiger partial charge is 0.407 e. The van der Waals surface area contributed by atoms with Crippen molar-refractivity contribution >= 4 is 18.0 Å². The molecule has 3 atom stereocenters. The van der Waals surface area contributed by atoms with Crippen molar-refractivity contribution < 1.29 is 24.2 Å². The Hall–Kier alpha value is -3.35. The SMILES string of the molecule is O=C(O)CC(NC(=O)C1CCC(NC(=O)OCC2c3ccccc3-c3ccccc32)C1)C1CC1. The molecule has 3 unspecified atom stereocenters. The van der Waals surface area contributed by atoms with Gasteiger partial charge in [-0.25, -0.2) is 4.79 Å². The highest BCUT2D eigenvalue weighted by Crippen LogP contribution is 2.44. The van der Waals surface area contributed by atoms with Crippen molar-refractivity contribution in [1.29, 1.82) is 0 Å². The third-order valence-corrected chi connectivity index (χ3v) is 7.38. The Morgan fingerprint density at radius 1 is 0.941 bits per heavy atom. The van der Waals surface area contributed by atoms with Crippen molar-refractivity contribution in [3.63, 3.8) is 0 Å². The van der Waals surface area contributed by atoms with Crippen LogP contribution in [0.2, 0.25) is 0 Å². The summed E-state index contributed by atoms with van der Waals surface area (Å²) in [6.07, 6.45) is 3.35. The zero-order valence-corrected chi connectivity index (χ0v) is 19.0. The van der Waals surface area contributed by atoms with E-state index in [0.29, 0.717) is 19.3 Å². The number of hydrogen-bond donors (Lipinski definition) is 3. The summed E-state index contributed by atoms with van der Waals surface area (Å²) in [7, 11) is 0. The molecule has 5 rings (SSSR count). The van der Waals surface area contributed by atoms with Gasteiger partial charge < -0.3 is 20.5 Å². The van der Waals surface area contributed by atoms with Gasteiger partial charge in [-0.1, -0.05) is 48.5 Å². The van der Waals surface area contributed by atoms with Gasteiger partial charge in [0.1, 0.15) is 6.61 Å². The molecule has 7 nitrogen and oxygen atoms in total. The van der Waals surface area contributed by atoms with E-state index in [9.17, 15) is 14.4 Å². The number of aliphatic carboxylic acids is 1. The molecule has 2 saturated carbocycles. The second kappa shape index (κ2) is 9.49. The minimum Gasteiger partial charge on any atom is -0.481 e. The lowest BCUT2D eigenvalue weighted by Crippen LogP contribution is -2.41. The van der Waals surface area contributed by atoms with Gasteiger partial charge in [0.05, 0.1) is 6.42 Å². The van der Waals surface area contributed by atoms with Gasteiger partial charge >= 0.3 is 12.1 Å². The first kappa shape index (κ1) is 22.4. The van der Waals surface area contributed by atoms with Gasteiger partial charge in [-0.2, -0.15) is 0 Å². The number of amides is 2. The summed E-state index contributed by atoms with van der Waals surface area (Å²) >= 11 is 0. The molecule has 0 aromatic heterocycles. The number of carbonyl (C=O) groups is 3. The van der Waals surface area contributed by atoms with Crippen LogP contribution in [-0.4, -0.2) is 41.8 Å². The van der Waals surface area contributed by atoms with E-state index in [0.717, 1.165) is 12.8 Å². The summed E-state index contributed by atoms with van der Waals surface area (Å²) in [5.74, 6) is -0.924. The lowest BCUT2D eigenvalue weighted by atomic mass is 9.98. The first-order valence-corrected chi connectivity index (χ1v) is 12.1. The van der Waals surface area contributed by atoms with E-state index < -0.39 is 12.1 Å². The number of benzene rings is 2. The predicted octanol–water partition coefficient (Wildman–Crippen LogP) is 4.06. The average Bonchev–Trinajstić information content (AvgIpc) is 3.49. The number of carboxylic acid groups (broad SMARTS) is 1. The van der Waals surface area contributed by atoms with E-state index >= 15 is 0 Å². The number of carbonyl (C=O) groups excluding carboxylic acids is 2. The van der Waals surface area contributed by atoms with Crippen LogP contribution in [0.25, 0.3) is 11.1 Å². The van der Waals surface area contributed by atoms with E-state index in [-0.39, 0.29) is 48.8 Å². The third-order valence-electron chi connectivity index (χ3n) is 7.38. The van der Waals surface area contributed by atoms with Gasteiger partial charge in [0, 0.05) is 23.9 Å². The summed E-state index contributed by atoms with van der Waals surface area (Å²) in [5, 5.41) is 15.0. The highest BCUT2D eigenvalue weighted by atomic mass is 16.5. The maximum absolute atomic E-state index is 12.7. The number of fused-ring (bicyclic) bond motifs is 3. The van der Waals surface area contributed by atoms with Crippen molar-refractivity contribution in [2.45, 2.75) is 56.5 Å². The van der Waals surface area contributed by atoms with Gasteiger partial charge in [0.2, 0.25) is 5.91 Å². The van der Waals surface area contributed by atoms with Gasteiger partial charge in [-0.3, -0.25) is 9.59 Å². The van der Waals surface area contributed by atoms with Crippen molar-refractivity contribution in [2.75, 3.05) is 6.61 Å². The van der Waals surface area contributed by atoms with E-state index in [4.69, 9.17) is 9.84 Å². The molecule has 0 saturated heterocycles. The fraction of sp³-hybridized carbons (Fsp3) is 0.444. The summed E-state index contributed by atoms with van der Waals surface area (Å²) in [6, 6.07) is 16.0. The summed E-state index contributed by atoms with van der Waals surface area (Å²) < 4.78 is 5.63. The second-order valence-electron chi connectivity index (χ2n) is 9.73. The average molecular weight is 463 g/mol. The summed E-state index contributed by atoms with van der Waals surface area (Å²) in [5.41, 5.74) is 4.70. The van der Waals surface area contributed by atoms with Crippen molar-refractivity contribution in [3.05, 3.63) is 59.7 Å². The molecule has 3 aliphatic carbocycles. The van der Waals surface area contributed by atoms with Crippen molar-refractivity contribution in [2.24, 2.45) is 11.8 Å². The molecule has 7 heteroatoms. The number of nitrogens with one attached hydrogen (secondary N) is 2. The largest absolute Gasteiger partial charge is 0.481 e. The van der Waals surface area contributed by atoms with Crippen molar-refractivity contribution in [1.82, 2.24) is 10.6 Å². The Bertz CT molecular complexity index is 1050. The standard InChI is InChI=1S/C27H30N2O5/c30-25(31)14-24(16-9-10-16)29-26(32)17-11-12-18(13-17)28-27(33)34-15-23-21-7-3-1-5-19(21)20-6-2-4-8-22(20)23/h1-8,16-18,23-24H,9-15H2,(H,28,33)(H,29,32)(H,30,31). The summed E-state index contributed by atoms with van der Waals surface area (Å²) in [6.45, 7) is 0.259. The topological polar surface area (TPSA) is 105 Å². The Labute approximate surface area is 198 Å². The van der Waals surface area contributed by atoms with E-state index in [2.05, 4.69) is 34.9 Å². The van der Waals surface area contributed by atoms with Crippen LogP contribution in [0.1, 0.15) is 55.6 Å². The molecule has 2 aromatic rings. The van der Waals surface area contributed by atoms with Gasteiger partial charge in [-0.05, 0) is 60.3 Å². The van der Waals surface area contributed by atoms with Gasteiger partial charge in [0.15, 0.2) is 0 Å². The third kappa shape index (κ3) is 4.79. The highest BCUT2D eigenvalue weighted by Gasteiger charge is 2.37. The quantitative estimate of drug-likeness (QED) is 0.549. The molecule has 2 aromatic carbocycles. The predicted molar refractivity (Wildman–Crippen MR) is 126 cm³/mol. The summed E-state index contributed by atoms with van der Waals surface area (Å²) in [4.78, 5) is 36.3. The molecule has 0 bridgehead atoms. The fourth-order valence-electron chi connectivity index (χ4n) is 5.48. The number of alkyl carbamates (subject to hydrolysis) is 1. The van der Waals surface area contributed by atoms with Crippen LogP contribution in [-0.2, 0) is 14.3 Å². The molecule has 178 valence electrons. The molecule has 34 heavy (non-hydrogen) atoms. The van der Waals surface area contributed by atoms with Crippen LogP contribution >= 0.6 is 0 Å². The molecule has 2 amide bonds. The lowest BCUT2D eigenvalue weighted by molar-refractivity contribution is -0.138. The first-order chi connectivity index (χ1) is 16.5. The molecule has 3 aliphatic rings. The fourth-order valence-corrected chi connectivity index (χ4v) is 5.48. The van der Waals surface area contributed by atoms with Crippen LogP contribution in [0, 0.1) is 11.8 Å². The van der Waals surface area contributed by atoms with E-state index in [1.54, 1.807) is 0 Å². The molecular weight excluding hydrogens is 432 g/mol. The van der Waals surface area contributed by atoms with Gasteiger partial charge in [-0.15, -0.1) is 0 Å². The molecule has 0 aliphatic heterocycles. The molecule has 3 N–H and O–H groups in total. The molecule has 2 fully saturated rings. The van der Waals surface area contributed by atoms with Gasteiger partial charge in [0.25, 0.3) is 0 Å². The minimum absolute atomic E-state index is 0.00819. The van der Waals surface area contributed by atoms with Crippen molar-refractivity contribution in [3.8, 4) is 11.1 Å². The Morgan fingerprint density at radius 3 is 2.21 bits per heavy atom. The molecule has 0 spiro atoms. The lowest BCUT2D eigenvalue weighted by Gasteiger charge is -2.19. The Kier molecular flexibility index (Phi) is 6.26. The molecular formula is C27H30N2O5. The van der Waals surface area contributed by atoms with Crippen LogP contribution in [0.3, 0.4) is 0 Å². The monoisotopic (exact) mass is 462 g/mol. The Balaban J connectivity index is 1.12. The van der Waals surface area contributed by atoms with Crippen LogP contribution in [0.15, 0.2) is 48.5 Å². The van der Waals surface area contributed by atoms with Crippen LogP contribution in [0.5, 0.6) is 0 Å². The Morgan fingerprint density at radius 2 is 1.59 bits per heavy atom. The molecule has 0 heterocycles. The number of carboxylic acids is 1. The second-order valence-corrected chi connectivity index (χ2v) is 9.73. The van der Waals surface area contributed by atoms with E-state index in [1.165, 1.54) is 22.3 Å². The van der Waals surface area contributed by atoms with Crippen LogP contribution in [0.4, 0.5) is 4.79 Å². The zero-order valence-electron chi connectivity index (χ0n) is 19.0. The molecule has 0 radical (unpaired) electrons. The minimum atomic E-state index is -0.890. The number of ether oxygens (including phenoxy) is 1. The normalized spacial score (nSPS) is 21.9. The maximum Gasteiger partial charge on any atom is 0.407 e. The maximum atomic E-state index is 12.7. The number of rotatable bonds is 8. The zero-order chi connectivity index (χ0) is 23.7. The van der Waals surface area contributed by atoms with E-state index in [1.807, 2.05) is 24.3 Å². The van der Waals surface area contributed by atoms with Crippen LogP contribution < -0.4 is 10.6 Å². The number of hydrogen-bond acceptors (Lipinski definition) is 4. The first-order valence-electron chi connectivity index (χ1n) is 12.1. The highest BCUT2D eigenvalue weighted by molar-refractivity contribution is 5.81.